The minimum absolute atomic E-state index is 0.423. The van der Waals surface area contributed by atoms with Crippen LogP contribution in [0.4, 0.5) is 0 Å². The maximum absolute atomic E-state index is 6.08. The van der Waals surface area contributed by atoms with Crippen molar-refractivity contribution < 1.29 is 4.74 Å². The van der Waals surface area contributed by atoms with E-state index in [0.29, 0.717) is 12.2 Å². The molecule has 0 amide bonds. The van der Waals surface area contributed by atoms with Gasteiger partial charge < -0.3 is 10.1 Å². The SMILES string of the molecule is CCC(CNCC(C)C)OC1CCCC1. The van der Waals surface area contributed by atoms with Crippen molar-refractivity contribution in [2.45, 2.75) is 65.1 Å². The van der Waals surface area contributed by atoms with Crippen molar-refractivity contribution in [3.8, 4) is 0 Å². The Morgan fingerprint density at radius 2 is 1.87 bits per heavy atom. The van der Waals surface area contributed by atoms with E-state index in [9.17, 15) is 0 Å². The Labute approximate surface area is 94.8 Å². The van der Waals surface area contributed by atoms with E-state index < -0.39 is 0 Å². The van der Waals surface area contributed by atoms with Crippen molar-refractivity contribution in [3.05, 3.63) is 0 Å². The fourth-order valence-corrected chi connectivity index (χ4v) is 2.12. The number of hydrogen-bond donors (Lipinski definition) is 1. The summed E-state index contributed by atoms with van der Waals surface area (Å²) in [5.74, 6) is 0.731. The van der Waals surface area contributed by atoms with Crippen molar-refractivity contribution in [1.29, 1.82) is 0 Å². The Kier molecular flexibility index (Phi) is 6.26. The summed E-state index contributed by atoms with van der Waals surface area (Å²) in [5, 5.41) is 3.48. The van der Waals surface area contributed by atoms with Crippen LogP contribution in [0.15, 0.2) is 0 Å². The average molecular weight is 213 g/mol. The molecule has 1 aliphatic rings. The molecule has 0 radical (unpaired) electrons. The predicted octanol–water partition coefficient (Wildman–Crippen LogP) is 2.97. The molecule has 0 bridgehead atoms. The second-order valence-corrected chi connectivity index (χ2v) is 5.12. The van der Waals surface area contributed by atoms with Gasteiger partial charge >= 0.3 is 0 Å². The van der Waals surface area contributed by atoms with Crippen molar-refractivity contribution >= 4 is 0 Å². The van der Waals surface area contributed by atoms with Gasteiger partial charge in [-0.3, -0.25) is 0 Å². The Morgan fingerprint density at radius 3 is 2.40 bits per heavy atom. The van der Waals surface area contributed by atoms with Crippen molar-refractivity contribution in [2.24, 2.45) is 5.92 Å². The van der Waals surface area contributed by atoms with E-state index >= 15 is 0 Å². The van der Waals surface area contributed by atoms with Gasteiger partial charge in [0, 0.05) is 6.54 Å². The lowest BCUT2D eigenvalue weighted by atomic mass is 10.2. The van der Waals surface area contributed by atoms with Crippen LogP contribution >= 0.6 is 0 Å². The van der Waals surface area contributed by atoms with Crippen molar-refractivity contribution in [3.63, 3.8) is 0 Å². The van der Waals surface area contributed by atoms with Crippen molar-refractivity contribution in [1.82, 2.24) is 5.32 Å². The number of ether oxygens (including phenoxy) is 1. The molecule has 15 heavy (non-hydrogen) atoms. The number of hydrogen-bond acceptors (Lipinski definition) is 2. The zero-order valence-electron chi connectivity index (χ0n) is 10.6. The van der Waals surface area contributed by atoms with E-state index in [1.165, 1.54) is 25.7 Å². The van der Waals surface area contributed by atoms with Gasteiger partial charge in [0.25, 0.3) is 0 Å². The van der Waals surface area contributed by atoms with Crippen LogP contribution in [-0.2, 0) is 4.74 Å². The molecule has 0 aromatic heterocycles. The first-order valence-electron chi connectivity index (χ1n) is 6.58. The van der Waals surface area contributed by atoms with Gasteiger partial charge in [0.05, 0.1) is 12.2 Å². The topological polar surface area (TPSA) is 21.3 Å². The van der Waals surface area contributed by atoms with Gasteiger partial charge in [-0.1, -0.05) is 33.6 Å². The summed E-state index contributed by atoms with van der Waals surface area (Å²) < 4.78 is 6.08. The van der Waals surface area contributed by atoms with Crippen LogP contribution in [0.3, 0.4) is 0 Å². The normalized spacial score (nSPS) is 20.0. The summed E-state index contributed by atoms with van der Waals surface area (Å²) in [6, 6.07) is 0. The summed E-state index contributed by atoms with van der Waals surface area (Å²) in [6.45, 7) is 8.82. The van der Waals surface area contributed by atoms with E-state index in [2.05, 4.69) is 26.1 Å². The molecular formula is C13H27NO. The highest BCUT2D eigenvalue weighted by Gasteiger charge is 2.19. The molecule has 0 aliphatic heterocycles. The number of nitrogens with one attached hydrogen (secondary N) is 1. The second-order valence-electron chi connectivity index (χ2n) is 5.12. The smallest absolute Gasteiger partial charge is 0.0700 e. The zero-order chi connectivity index (χ0) is 11.1. The van der Waals surface area contributed by atoms with Crippen LogP contribution in [0.25, 0.3) is 0 Å². The Balaban J connectivity index is 2.11. The van der Waals surface area contributed by atoms with Crippen LogP contribution in [0.1, 0.15) is 52.9 Å². The van der Waals surface area contributed by atoms with E-state index in [0.717, 1.165) is 25.4 Å². The molecule has 0 spiro atoms. The maximum atomic E-state index is 6.08. The fraction of sp³-hybridized carbons (Fsp3) is 1.00. The first-order valence-corrected chi connectivity index (χ1v) is 6.58. The molecule has 90 valence electrons. The molecule has 1 unspecified atom stereocenters. The maximum Gasteiger partial charge on any atom is 0.0700 e. The number of rotatable bonds is 7. The van der Waals surface area contributed by atoms with Crippen LogP contribution in [0, 0.1) is 5.92 Å². The molecule has 1 fully saturated rings. The molecule has 0 aromatic carbocycles. The van der Waals surface area contributed by atoms with Crippen molar-refractivity contribution in [2.75, 3.05) is 13.1 Å². The van der Waals surface area contributed by atoms with Gasteiger partial charge in [-0.05, 0) is 31.7 Å². The quantitative estimate of drug-likeness (QED) is 0.702. The fourth-order valence-electron chi connectivity index (χ4n) is 2.12. The van der Waals surface area contributed by atoms with E-state index in [1.807, 2.05) is 0 Å². The summed E-state index contributed by atoms with van der Waals surface area (Å²) >= 11 is 0. The van der Waals surface area contributed by atoms with Crippen LogP contribution in [-0.4, -0.2) is 25.3 Å². The minimum atomic E-state index is 0.423. The summed E-state index contributed by atoms with van der Waals surface area (Å²) in [6.07, 6.45) is 7.38. The molecule has 0 heterocycles. The highest BCUT2D eigenvalue weighted by molar-refractivity contribution is 4.70. The third-order valence-electron chi connectivity index (χ3n) is 3.07. The molecule has 1 atom stereocenters. The molecule has 1 aliphatic carbocycles. The molecule has 1 rings (SSSR count). The molecule has 0 saturated heterocycles. The molecule has 2 nitrogen and oxygen atoms in total. The first-order chi connectivity index (χ1) is 7.22. The summed E-state index contributed by atoms with van der Waals surface area (Å²) in [4.78, 5) is 0. The molecule has 0 aromatic rings. The van der Waals surface area contributed by atoms with Gasteiger partial charge in [0.2, 0.25) is 0 Å². The summed E-state index contributed by atoms with van der Waals surface area (Å²) in [5.41, 5.74) is 0. The van der Waals surface area contributed by atoms with Gasteiger partial charge in [-0.15, -0.1) is 0 Å². The van der Waals surface area contributed by atoms with Gasteiger partial charge in [0.15, 0.2) is 0 Å². The zero-order valence-corrected chi connectivity index (χ0v) is 10.6. The third-order valence-corrected chi connectivity index (χ3v) is 3.07. The lowest BCUT2D eigenvalue weighted by Gasteiger charge is -2.21. The van der Waals surface area contributed by atoms with Crippen LogP contribution in [0.2, 0.25) is 0 Å². The largest absolute Gasteiger partial charge is 0.374 e. The Bertz CT molecular complexity index is 153. The van der Waals surface area contributed by atoms with E-state index in [-0.39, 0.29) is 0 Å². The highest BCUT2D eigenvalue weighted by atomic mass is 16.5. The van der Waals surface area contributed by atoms with Gasteiger partial charge in [-0.2, -0.15) is 0 Å². The monoisotopic (exact) mass is 213 g/mol. The molecule has 1 saturated carbocycles. The Morgan fingerprint density at radius 1 is 1.20 bits per heavy atom. The van der Waals surface area contributed by atoms with Crippen LogP contribution in [0.5, 0.6) is 0 Å². The Hall–Kier alpha value is -0.0800. The van der Waals surface area contributed by atoms with Crippen LogP contribution < -0.4 is 5.32 Å². The lowest BCUT2D eigenvalue weighted by molar-refractivity contribution is -0.00899. The van der Waals surface area contributed by atoms with Gasteiger partial charge in [0.1, 0.15) is 0 Å². The molecular weight excluding hydrogens is 186 g/mol. The minimum Gasteiger partial charge on any atom is -0.374 e. The summed E-state index contributed by atoms with van der Waals surface area (Å²) in [7, 11) is 0. The van der Waals surface area contributed by atoms with Gasteiger partial charge in [-0.25, -0.2) is 0 Å². The molecule has 1 N–H and O–H groups in total. The lowest BCUT2D eigenvalue weighted by Crippen LogP contribution is -2.33. The third kappa shape index (κ3) is 5.53. The standard InChI is InChI=1S/C13H27NO/c1-4-12(10-14-9-11(2)3)15-13-7-5-6-8-13/h11-14H,4-10H2,1-3H3. The second kappa shape index (κ2) is 7.24. The molecule has 2 heteroatoms. The predicted molar refractivity (Wildman–Crippen MR) is 65.1 cm³/mol. The van der Waals surface area contributed by atoms with E-state index in [4.69, 9.17) is 4.74 Å². The highest BCUT2D eigenvalue weighted by Crippen LogP contribution is 2.22. The van der Waals surface area contributed by atoms with E-state index in [1.54, 1.807) is 0 Å². The first kappa shape index (κ1) is 13.0. The average Bonchev–Trinajstić information content (AvgIpc) is 2.68.